The van der Waals surface area contributed by atoms with Gasteiger partial charge in [-0.05, 0) is 41.7 Å². The van der Waals surface area contributed by atoms with Crippen LogP contribution in [0.1, 0.15) is 43.3 Å². The van der Waals surface area contributed by atoms with Crippen molar-refractivity contribution in [2.45, 2.75) is 39.2 Å². The molecule has 0 saturated heterocycles. The zero-order valence-corrected chi connectivity index (χ0v) is 16.7. The number of benzene rings is 2. The van der Waals surface area contributed by atoms with E-state index >= 15 is 0 Å². The summed E-state index contributed by atoms with van der Waals surface area (Å²) in [6, 6.07) is 14.2. The second-order valence-corrected chi connectivity index (χ2v) is 7.85. The maximum atomic E-state index is 12.7. The van der Waals surface area contributed by atoms with Gasteiger partial charge in [0.05, 0.1) is 23.7 Å². The lowest BCUT2D eigenvalue weighted by Crippen LogP contribution is -2.33. The van der Waals surface area contributed by atoms with Crippen LogP contribution in [0.3, 0.4) is 0 Å². The summed E-state index contributed by atoms with van der Waals surface area (Å²) in [5.41, 5.74) is 4.47. The van der Waals surface area contributed by atoms with Crippen molar-refractivity contribution in [1.82, 2.24) is 14.9 Å². The number of rotatable bonds is 6. The standard InChI is InChI=1S/C23H27N3O2/c1-15(2)22(23-24-18-6-4-5-7-19(18)26(23)3)25-21(27)11-9-16-8-10-20-17(14-16)12-13-28-20/h4-8,10,14-15,22H,9,11-13H2,1-3H3,(H,25,27). The summed E-state index contributed by atoms with van der Waals surface area (Å²) in [6.07, 6.45) is 2.15. The maximum absolute atomic E-state index is 12.7. The monoisotopic (exact) mass is 377 g/mol. The molecule has 146 valence electrons. The van der Waals surface area contributed by atoms with Gasteiger partial charge in [-0.15, -0.1) is 0 Å². The van der Waals surface area contributed by atoms with E-state index in [0.717, 1.165) is 42.1 Å². The van der Waals surface area contributed by atoms with Crippen LogP contribution in [0, 0.1) is 5.92 Å². The number of imidazole rings is 1. The second kappa shape index (κ2) is 7.66. The van der Waals surface area contributed by atoms with E-state index in [0.29, 0.717) is 6.42 Å². The lowest BCUT2D eigenvalue weighted by Gasteiger charge is -2.22. The maximum Gasteiger partial charge on any atom is 0.220 e. The molecule has 1 aliphatic heterocycles. The molecule has 28 heavy (non-hydrogen) atoms. The zero-order chi connectivity index (χ0) is 19.7. The van der Waals surface area contributed by atoms with E-state index in [-0.39, 0.29) is 17.9 Å². The van der Waals surface area contributed by atoms with Gasteiger partial charge in [0.15, 0.2) is 0 Å². The highest BCUT2D eigenvalue weighted by molar-refractivity contribution is 5.78. The normalized spacial score (nSPS) is 14.1. The number of ether oxygens (including phenoxy) is 1. The molecule has 0 aliphatic carbocycles. The molecule has 0 bridgehead atoms. The van der Waals surface area contributed by atoms with Gasteiger partial charge in [0.25, 0.3) is 0 Å². The molecule has 2 aromatic carbocycles. The smallest absolute Gasteiger partial charge is 0.220 e. The average molecular weight is 377 g/mol. The van der Waals surface area contributed by atoms with Crippen LogP contribution in [0.25, 0.3) is 11.0 Å². The Morgan fingerprint density at radius 2 is 2.07 bits per heavy atom. The molecule has 1 unspecified atom stereocenters. The summed E-state index contributed by atoms with van der Waals surface area (Å²) >= 11 is 0. The molecule has 5 heteroatoms. The molecule has 1 aliphatic rings. The van der Waals surface area contributed by atoms with Crippen molar-refractivity contribution in [1.29, 1.82) is 0 Å². The van der Waals surface area contributed by atoms with Crippen LogP contribution in [0.2, 0.25) is 0 Å². The molecule has 2 heterocycles. The number of nitrogens with zero attached hydrogens (tertiary/aromatic N) is 2. The molecule has 0 fully saturated rings. The van der Waals surface area contributed by atoms with Crippen molar-refractivity contribution in [2.24, 2.45) is 13.0 Å². The minimum absolute atomic E-state index is 0.0579. The number of amides is 1. The predicted molar refractivity (Wildman–Crippen MR) is 110 cm³/mol. The van der Waals surface area contributed by atoms with Crippen molar-refractivity contribution in [3.63, 3.8) is 0 Å². The molecular weight excluding hydrogens is 350 g/mol. The first-order valence-electron chi connectivity index (χ1n) is 9.98. The fraction of sp³-hybridized carbons (Fsp3) is 0.391. The summed E-state index contributed by atoms with van der Waals surface area (Å²) in [5, 5.41) is 3.21. The van der Waals surface area contributed by atoms with Gasteiger partial charge in [0, 0.05) is 19.9 Å². The second-order valence-electron chi connectivity index (χ2n) is 7.85. The molecule has 1 N–H and O–H groups in total. The third kappa shape index (κ3) is 3.61. The third-order valence-electron chi connectivity index (χ3n) is 5.48. The summed E-state index contributed by atoms with van der Waals surface area (Å²) in [6.45, 7) is 4.99. The number of fused-ring (bicyclic) bond motifs is 2. The Kier molecular flexibility index (Phi) is 5.07. The van der Waals surface area contributed by atoms with Gasteiger partial charge < -0.3 is 14.6 Å². The Labute approximate surface area is 165 Å². The Morgan fingerprint density at radius 1 is 1.25 bits per heavy atom. The molecule has 0 radical (unpaired) electrons. The average Bonchev–Trinajstić information content (AvgIpc) is 3.28. The van der Waals surface area contributed by atoms with Crippen LogP contribution in [0.15, 0.2) is 42.5 Å². The Hall–Kier alpha value is -2.82. The largest absolute Gasteiger partial charge is 0.493 e. The molecule has 1 aromatic heterocycles. The van der Waals surface area contributed by atoms with Crippen LogP contribution in [-0.2, 0) is 24.7 Å². The Bertz CT molecular complexity index is 1010. The van der Waals surface area contributed by atoms with Crippen LogP contribution in [0.5, 0.6) is 5.75 Å². The lowest BCUT2D eigenvalue weighted by molar-refractivity contribution is -0.122. The Morgan fingerprint density at radius 3 is 2.86 bits per heavy atom. The lowest BCUT2D eigenvalue weighted by atomic mass is 10.0. The summed E-state index contributed by atoms with van der Waals surface area (Å²) in [5.74, 6) is 2.19. The van der Waals surface area contributed by atoms with E-state index in [2.05, 4.69) is 41.9 Å². The van der Waals surface area contributed by atoms with Crippen LogP contribution in [-0.4, -0.2) is 22.1 Å². The van der Waals surface area contributed by atoms with Gasteiger partial charge in [-0.2, -0.15) is 0 Å². The first kappa shape index (κ1) is 18.5. The van der Waals surface area contributed by atoms with Crippen molar-refractivity contribution in [3.8, 4) is 5.75 Å². The molecule has 1 amide bonds. The SMILES string of the molecule is CC(C)C(NC(=O)CCc1ccc2c(c1)CCO2)c1nc2ccccc2n1C. The number of hydrogen-bond acceptors (Lipinski definition) is 3. The molecule has 5 nitrogen and oxygen atoms in total. The highest BCUT2D eigenvalue weighted by atomic mass is 16.5. The predicted octanol–water partition coefficient (Wildman–Crippen LogP) is 3.95. The first-order chi connectivity index (χ1) is 13.5. The first-order valence-corrected chi connectivity index (χ1v) is 9.98. The fourth-order valence-corrected chi connectivity index (χ4v) is 3.87. The van der Waals surface area contributed by atoms with Crippen molar-refractivity contribution >= 4 is 16.9 Å². The van der Waals surface area contributed by atoms with Crippen LogP contribution < -0.4 is 10.1 Å². The molecule has 4 rings (SSSR count). The molecule has 0 spiro atoms. The number of hydrogen-bond donors (Lipinski definition) is 1. The highest BCUT2D eigenvalue weighted by Crippen LogP contribution is 2.27. The number of aromatic nitrogens is 2. The van der Waals surface area contributed by atoms with E-state index in [4.69, 9.17) is 9.72 Å². The number of aryl methyl sites for hydroxylation is 2. The number of carbonyl (C=O) groups is 1. The van der Waals surface area contributed by atoms with Crippen LogP contribution in [0.4, 0.5) is 0 Å². The zero-order valence-electron chi connectivity index (χ0n) is 16.7. The molecule has 0 saturated carbocycles. The van der Waals surface area contributed by atoms with E-state index in [1.807, 2.05) is 31.3 Å². The van der Waals surface area contributed by atoms with Gasteiger partial charge >= 0.3 is 0 Å². The number of para-hydroxylation sites is 2. The third-order valence-corrected chi connectivity index (χ3v) is 5.48. The van der Waals surface area contributed by atoms with E-state index in [1.165, 1.54) is 11.1 Å². The quantitative estimate of drug-likeness (QED) is 0.708. The van der Waals surface area contributed by atoms with Gasteiger partial charge in [-0.25, -0.2) is 4.98 Å². The topological polar surface area (TPSA) is 56.1 Å². The van der Waals surface area contributed by atoms with Crippen molar-refractivity contribution in [2.75, 3.05) is 6.61 Å². The van der Waals surface area contributed by atoms with E-state index in [1.54, 1.807) is 0 Å². The Balaban J connectivity index is 1.45. The molecular formula is C23H27N3O2. The van der Waals surface area contributed by atoms with Gasteiger partial charge in [-0.1, -0.05) is 38.1 Å². The summed E-state index contributed by atoms with van der Waals surface area (Å²) in [7, 11) is 2.01. The summed E-state index contributed by atoms with van der Waals surface area (Å²) < 4.78 is 7.64. The van der Waals surface area contributed by atoms with Gasteiger partial charge in [0.1, 0.15) is 11.6 Å². The van der Waals surface area contributed by atoms with Gasteiger partial charge in [0.2, 0.25) is 5.91 Å². The minimum atomic E-state index is -0.113. The number of carbonyl (C=O) groups excluding carboxylic acids is 1. The summed E-state index contributed by atoms with van der Waals surface area (Å²) in [4.78, 5) is 17.5. The van der Waals surface area contributed by atoms with Crippen molar-refractivity contribution < 1.29 is 9.53 Å². The minimum Gasteiger partial charge on any atom is -0.493 e. The van der Waals surface area contributed by atoms with E-state index < -0.39 is 0 Å². The van der Waals surface area contributed by atoms with E-state index in [9.17, 15) is 4.79 Å². The number of nitrogens with one attached hydrogen (secondary N) is 1. The van der Waals surface area contributed by atoms with Gasteiger partial charge in [-0.3, -0.25) is 4.79 Å². The van der Waals surface area contributed by atoms with Crippen molar-refractivity contribution in [3.05, 3.63) is 59.4 Å². The van der Waals surface area contributed by atoms with Crippen LogP contribution >= 0.6 is 0 Å². The fourth-order valence-electron chi connectivity index (χ4n) is 3.87. The molecule has 3 aromatic rings. The molecule has 1 atom stereocenters. The highest BCUT2D eigenvalue weighted by Gasteiger charge is 2.23.